The Morgan fingerprint density at radius 3 is 2.67 bits per heavy atom. The molecule has 0 saturated heterocycles. The van der Waals surface area contributed by atoms with Crippen LogP contribution in [0.5, 0.6) is 0 Å². The van der Waals surface area contributed by atoms with Crippen LogP contribution in [0.25, 0.3) is 0 Å². The van der Waals surface area contributed by atoms with Crippen molar-refractivity contribution < 1.29 is 14.4 Å². The summed E-state index contributed by atoms with van der Waals surface area (Å²) < 4.78 is 0. The second-order valence-electron chi connectivity index (χ2n) is 3.66. The smallest absolute Gasteiger partial charge is 0.242 e. The van der Waals surface area contributed by atoms with Gasteiger partial charge >= 0.3 is 0 Å². The van der Waals surface area contributed by atoms with E-state index in [1.165, 1.54) is 18.4 Å². The van der Waals surface area contributed by atoms with Gasteiger partial charge in [0.05, 0.1) is 12.8 Å². The second kappa shape index (κ2) is 6.75. The Morgan fingerprint density at radius 1 is 1.44 bits per heavy atom. The summed E-state index contributed by atoms with van der Waals surface area (Å²) >= 11 is 1.45. The fourth-order valence-electron chi connectivity index (χ4n) is 1.40. The van der Waals surface area contributed by atoms with Gasteiger partial charge in [0.2, 0.25) is 17.7 Å². The highest BCUT2D eigenvalue weighted by atomic mass is 32.1. The molecule has 0 radical (unpaired) electrons. The van der Waals surface area contributed by atoms with Crippen molar-refractivity contribution in [3.05, 3.63) is 22.4 Å². The number of nitrogens with one attached hydrogen (secondary N) is 2. The molecule has 0 saturated carbocycles. The summed E-state index contributed by atoms with van der Waals surface area (Å²) in [6.45, 7) is 0. The van der Waals surface area contributed by atoms with Crippen LogP contribution in [0.1, 0.15) is 11.3 Å². The Hall–Kier alpha value is -1.89. The Bertz CT molecular complexity index is 431. The monoisotopic (exact) mass is 269 g/mol. The number of rotatable bonds is 6. The summed E-state index contributed by atoms with van der Waals surface area (Å²) in [7, 11) is 1.43. The molecule has 0 aliphatic carbocycles. The number of hydrogen-bond acceptors (Lipinski definition) is 4. The first kappa shape index (κ1) is 14.2. The first-order chi connectivity index (χ1) is 8.52. The van der Waals surface area contributed by atoms with Gasteiger partial charge in [0, 0.05) is 11.9 Å². The van der Waals surface area contributed by atoms with Crippen LogP contribution in [-0.4, -0.2) is 30.8 Å². The summed E-state index contributed by atoms with van der Waals surface area (Å²) in [6.07, 6.45) is -0.0280. The summed E-state index contributed by atoms with van der Waals surface area (Å²) in [5.41, 5.74) is 5.03. The Labute approximate surface area is 109 Å². The first-order valence-corrected chi connectivity index (χ1v) is 6.22. The quantitative estimate of drug-likeness (QED) is 0.642. The number of carbonyl (C=O) groups excluding carboxylic acids is 3. The molecule has 0 spiro atoms. The molecule has 7 heteroatoms. The van der Waals surface area contributed by atoms with Crippen molar-refractivity contribution in [1.82, 2.24) is 10.6 Å². The highest BCUT2D eigenvalue weighted by Crippen LogP contribution is 2.09. The molecule has 0 aliphatic rings. The molecule has 0 bridgehead atoms. The van der Waals surface area contributed by atoms with Crippen LogP contribution in [0.15, 0.2) is 17.5 Å². The van der Waals surface area contributed by atoms with Crippen molar-refractivity contribution >= 4 is 29.1 Å². The maximum absolute atomic E-state index is 11.7. The van der Waals surface area contributed by atoms with Gasteiger partial charge < -0.3 is 16.4 Å². The van der Waals surface area contributed by atoms with Crippen LogP contribution < -0.4 is 16.4 Å². The molecule has 0 aliphatic heterocycles. The van der Waals surface area contributed by atoms with Crippen LogP contribution in [0.2, 0.25) is 0 Å². The number of likely N-dealkylation sites (N-methyl/N-ethyl adjacent to an activating group) is 1. The zero-order chi connectivity index (χ0) is 13.5. The molecule has 1 aromatic heterocycles. The van der Waals surface area contributed by atoms with Gasteiger partial charge in [-0.05, 0) is 11.4 Å². The molecule has 1 rings (SSSR count). The van der Waals surface area contributed by atoms with Crippen molar-refractivity contribution in [3.63, 3.8) is 0 Å². The van der Waals surface area contributed by atoms with Crippen molar-refractivity contribution in [3.8, 4) is 0 Å². The van der Waals surface area contributed by atoms with Gasteiger partial charge in [0.25, 0.3) is 0 Å². The molecular formula is C11H15N3O3S. The lowest BCUT2D eigenvalue weighted by Crippen LogP contribution is -2.48. The van der Waals surface area contributed by atoms with Crippen molar-refractivity contribution in [1.29, 1.82) is 0 Å². The average molecular weight is 269 g/mol. The van der Waals surface area contributed by atoms with E-state index in [0.29, 0.717) is 0 Å². The lowest BCUT2D eigenvalue weighted by Gasteiger charge is -2.15. The normalized spacial score (nSPS) is 11.6. The van der Waals surface area contributed by atoms with Crippen LogP contribution in [0.4, 0.5) is 0 Å². The molecule has 4 N–H and O–H groups in total. The highest BCUT2D eigenvalue weighted by molar-refractivity contribution is 7.10. The minimum absolute atomic E-state index is 0.184. The minimum Gasteiger partial charge on any atom is -0.370 e. The third kappa shape index (κ3) is 4.54. The molecule has 0 unspecified atom stereocenters. The van der Waals surface area contributed by atoms with E-state index in [-0.39, 0.29) is 18.7 Å². The van der Waals surface area contributed by atoms with E-state index in [1.807, 2.05) is 17.5 Å². The number of hydrogen-bond donors (Lipinski definition) is 3. The molecule has 1 atom stereocenters. The number of thiophene rings is 1. The van der Waals surface area contributed by atoms with E-state index in [4.69, 9.17) is 5.73 Å². The van der Waals surface area contributed by atoms with Gasteiger partial charge in [0.15, 0.2) is 0 Å². The predicted octanol–water partition coefficient (Wildman–Crippen LogP) is -0.603. The Morgan fingerprint density at radius 2 is 2.17 bits per heavy atom. The van der Waals surface area contributed by atoms with Crippen molar-refractivity contribution in [2.75, 3.05) is 7.05 Å². The highest BCUT2D eigenvalue weighted by Gasteiger charge is 2.21. The number of nitrogens with two attached hydrogens (primary N) is 1. The number of carbonyl (C=O) groups is 3. The van der Waals surface area contributed by atoms with Gasteiger partial charge in [-0.2, -0.15) is 0 Å². The summed E-state index contributed by atoms with van der Waals surface area (Å²) in [5, 5.41) is 6.73. The number of amides is 3. The largest absolute Gasteiger partial charge is 0.370 e. The van der Waals surface area contributed by atoms with E-state index in [2.05, 4.69) is 10.6 Å². The van der Waals surface area contributed by atoms with Crippen LogP contribution in [0.3, 0.4) is 0 Å². The molecule has 98 valence electrons. The average Bonchev–Trinajstić information content (AvgIpc) is 2.79. The summed E-state index contributed by atoms with van der Waals surface area (Å²) in [6, 6.07) is 2.75. The van der Waals surface area contributed by atoms with Gasteiger partial charge in [-0.25, -0.2) is 0 Å². The third-order valence-electron chi connectivity index (χ3n) is 2.22. The third-order valence-corrected chi connectivity index (χ3v) is 3.09. The van der Waals surface area contributed by atoms with E-state index in [9.17, 15) is 14.4 Å². The van der Waals surface area contributed by atoms with E-state index in [1.54, 1.807) is 0 Å². The maximum Gasteiger partial charge on any atom is 0.242 e. The fourth-order valence-corrected chi connectivity index (χ4v) is 2.10. The SMILES string of the molecule is CNC(=O)[C@H](CC(N)=O)NC(=O)Cc1cccs1. The van der Waals surface area contributed by atoms with Crippen LogP contribution in [-0.2, 0) is 20.8 Å². The van der Waals surface area contributed by atoms with E-state index < -0.39 is 17.9 Å². The number of primary amides is 1. The van der Waals surface area contributed by atoms with Crippen molar-refractivity contribution in [2.24, 2.45) is 5.73 Å². The predicted molar refractivity (Wildman–Crippen MR) is 67.8 cm³/mol. The molecule has 3 amide bonds. The fraction of sp³-hybridized carbons (Fsp3) is 0.364. The van der Waals surface area contributed by atoms with Gasteiger partial charge in [-0.1, -0.05) is 6.07 Å². The Kier molecular flexibility index (Phi) is 5.31. The van der Waals surface area contributed by atoms with E-state index in [0.717, 1.165) is 4.88 Å². The maximum atomic E-state index is 11.7. The lowest BCUT2D eigenvalue weighted by atomic mass is 10.1. The lowest BCUT2D eigenvalue weighted by molar-refractivity contribution is -0.130. The van der Waals surface area contributed by atoms with Gasteiger partial charge in [-0.15, -0.1) is 11.3 Å². The minimum atomic E-state index is -0.917. The summed E-state index contributed by atoms with van der Waals surface area (Å²) in [5.74, 6) is -1.39. The molecular weight excluding hydrogens is 254 g/mol. The molecule has 1 heterocycles. The molecule has 6 nitrogen and oxygen atoms in total. The second-order valence-corrected chi connectivity index (χ2v) is 4.69. The summed E-state index contributed by atoms with van der Waals surface area (Å²) in [4.78, 5) is 34.9. The Balaban J connectivity index is 2.56. The van der Waals surface area contributed by atoms with Crippen LogP contribution in [0, 0.1) is 0 Å². The van der Waals surface area contributed by atoms with Crippen molar-refractivity contribution in [2.45, 2.75) is 18.9 Å². The topological polar surface area (TPSA) is 101 Å². The molecule has 18 heavy (non-hydrogen) atoms. The molecule has 0 aromatic carbocycles. The molecule has 1 aromatic rings. The van der Waals surface area contributed by atoms with Gasteiger partial charge in [0.1, 0.15) is 6.04 Å². The first-order valence-electron chi connectivity index (χ1n) is 5.34. The molecule has 0 fully saturated rings. The zero-order valence-electron chi connectivity index (χ0n) is 9.93. The standard InChI is InChI=1S/C11H15N3O3S/c1-13-11(17)8(6-9(12)15)14-10(16)5-7-3-2-4-18-7/h2-4,8H,5-6H2,1H3,(H2,12,15)(H,13,17)(H,14,16)/t8-/m0/s1. The van der Waals surface area contributed by atoms with E-state index >= 15 is 0 Å². The zero-order valence-corrected chi connectivity index (χ0v) is 10.8. The van der Waals surface area contributed by atoms with Gasteiger partial charge in [-0.3, -0.25) is 14.4 Å². The van der Waals surface area contributed by atoms with Crippen LogP contribution >= 0.6 is 11.3 Å².